The molecular formula is C15H26O4. The van der Waals surface area contributed by atoms with Crippen LogP contribution in [-0.2, 0) is 9.59 Å². The molecule has 0 amide bonds. The van der Waals surface area contributed by atoms with Crippen LogP contribution in [-0.4, -0.2) is 22.2 Å². The first kappa shape index (κ1) is 16.0. The highest BCUT2D eigenvalue weighted by Gasteiger charge is 2.47. The van der Waals surface area contributed by atoms with E-state index in [0.29, 0.717) is 12.8 Å². The number of rotatable bonds is 7. The number of carboxylic acid groups (broad SMARTS) is 2. The molecule has 0 aliphatic heterocycles. The molecule has 0 bridgehead atoms. The first-order valence-electron chi connectivity index (χ1n) is 7.35. The van der Waals surface area contributed by atoms with Crippen molar-refractivity contribution in [1.82, 2.24) is 0 Å². The van der Waals surface area contributed by atoms with E-state index < -0.39 is 17.4 Å². The third-order valence-electron chi connectivity index (χ3n) is 4.77. The zero-order valence-corrected chi connectivity index (χ0v) is 12.1. The smallest absolute Gasteiger partial charge is 0.310 e. The Morgan fingerprint density at radius 1 is 0.947 bits per heavy atom. The molecule has 0 heterocycles. The van der Waals surface area contributed by atoms with Gasteiger partial charge in [-0.05, 0) is 43.9 Å². The molecule has 0 unspecified atom stereocenters. The van der Waals surface area contributed by atoms with Gasteiger partial charge < -0.3 is 10.2 Å². The number of aliphatic carboxylic acids is 2. The number of carbonyl (C=O) groups is 2. The van der Waals surface area contributed by atoms with Crippen LogP contribution >= 0.6 is 0 Å². The Labute approximate surface area is 115 Å². The maximum Gasteiger partial charge on any atom is 0.310 e. The predicted molar refractivity (Wildman–Crippen MR) is 73.0 cm³/mol. The van der Waals surface area contributed by atoms with Crippen LogP contribution < -0.4 is 0 Å². The van der Waals surface area contributed by atoms with E-state index in [0.717, 1.165) is 38.5 Å². The molecule has 1 rings (SSSR count). The molecule has 0 atom stereocenters. The Kier molecular flexibility index (Phi) is 5.39. The summed E-state index contributed by atoms with van der Waals surface area (Å²) in [6.45, 7) is 4.32. The Morgan fingerprint density at radius 3 is 1.74 bits per heavy atom. The molecule has 110 valence electrons. The van der Waals surface area contributed by atoms with Gasteiger partial charge in [-0.15, -0.1) is 0 Å². The molecule has 1 fully saturated rings. The Bertz CT molecular complexity index is 319. The molecule has 4 nitrogen and oxygen atoms in total. The SMILES string of the molecule is CCCC1(CCC)CCC(CC(=O)O)(C(=O)O)CC1. The van der Waals surface area contributed by atoms with E-state index in [-0.39, 0.29) is 11.8 Å². The third kappa shape index (κ3) is 3.71. The fourth-order valence-corrected chi connectivity index (χ4v) is 3.70. The minimum atomic E-state index is -1.03. The molecule has 0 spiro atoms. The normalized spacial score (nSPS) is 20.9. The van der Waals surface area contributed by atoms with Crippen LogP contribution in [0.4, 0.5) is 0 Å². The van der Waals surface area contributed by atoms with E-state index in [1.54, 1.807) is 0 Å². The second-order valence-electron chi connectivity index (χ2n) is 6.16. The molecule has 0 aromatic rings. The number of carboxylic acids is 2. The van der Waals surface area contributed by atoms with Crippen LogP contribution in [0.25, 0.3) is 0 Å². The fraction of sp³-hybridized carbons (Fsp3) is 0.867. The molecule has 0 saturated heterocycles. The van der Waals surface area contributed by atoms with Crippen molar-refractivity contribution < 1.29 is 19.8 Å². The second kappa shape index (κ2) is 6.40. The van der Waals surface area contributed by atoms with Gasteiger partial charge in [-0.1, -0.05) is 26.7 Å². The first-order valence-corrected chi connectivity index (χ1v) is 7.35. The van der Waals surface area contributed by atoms with Crippen molar-refractivity contribution in [1.29, 1.82) is 0 Å². The van der Waals surface area contributed by atoms with E-state index in [2.05, 4.69) is 13.8 Å². The zero-order valence-electron chi connectivity index (χ0n) is 12.1. The summed E-state index contributed by atoms with van der Waals surface area (Å²) in [5, 5.41) is 18.4. The van der Waals surface area contributed by atoms with Gasteiger partial charge in [0.1, 0.15) is 0 Å². The van der Waals surface area contributed by atoms with E-state index in [1.165, 1.54) is 0 Å². The summed E-state index contributed by atoms with van der Waals surface area (Å²) in [4.78, 5) is 22.4. The average molecular weight is 270 g/mol. The van der Waals surface area contributed by atoms with Crippen molar-refractivity contribution in [3.8, 4) is 0 Å². The Balaban J connectivity index is 2.80. The average Bonchev–Trinajstić information content (AvgIpc) is 2.32. The maximum atomic E-state index is 11.5. The predicted octanol–water partition coefficient (Wildman–Crippen LogP) is 3.69. The van der Waals surface area contributed by atoms with Crippen molar-refractivity contribution >= 4 is 11.9 Å². The summed E-state index contributed by atoms with van der Waals surface area (Å²) in [7, 11) is 0. The van der Waals surface area contributed by atoms with Gasteiger partial charge in [0.05, 0.1) is 11.8 Å². The summed E-state index contributed by atoms with van der Waals surface area (Å²) in [6, 6.07) is 0. The zero-order chi connectivity index (χ0) is 14.5. The molecule has 1 saturated carbocycles. The summed E-state index contributed by atoms with van der Waals surface area (Å²) >= 11 is 0. The van der Waals surface area contributed by atoms with Crippen LogP contribution in [0.3, 0.4) is 0 Å². The molecular weight excluding hydrogens is 244 g/mol. The lowest BCUT2D eigenvalue weighted by molar-refractivity contribution is -0.160. The quantitative estimate of drug-likeness (QED) is 0.739. The van der Waals surface area contributed by atoms with Crippen LogP contribution in [0.5, 0.6) is 0 Å². The van der Waals surface area contributed by atoms with Crippen molar-refractivity contribution in [3.63, 3.8) is 0 Å². The van der Waals surface area contributed by atoms with Crippen molar-refractivity contribution in [3.05, 3.63) is 0 Å². The first-order chi connectivity index (χ1) is 8.90. The van der Waals surface area contributed by atoms with Gasteiger partial charge in [-0.2, -0.15) is 0 Å². The van der Waals surface area contributed by atoms with E-state index in [4.69, 9.17) is 5.11 Å². The minimum Gasteiger partial charge on any atom is -0.481 e. The van der Waals surface area contributed by atoms with Crippen molar-refractivity contribution in [2.45, 2.75) is 71.6 Å². The van der Waals surface area contributed by atoms with Crippen LogP contribution in [0, 0.1) is 10.8 Å². The van der Waals surface area contributed by atoms with Gasteiger partial charge in [-0.25, -0.2) is 0 Å². The highest BCUT2D eigenvalue weighted by atomic mass is 16.4. The van der Waals surface area contributed by atoms with Crippen LogP contribution in [0.1, 0.15) is 71.6 Å². The summed E-state index contributed by atoms with van der Waals surface area (Å²) in [6.07, 6.45) is 6.97. The monoisotopic (exact) mass is 270 g/mol. The summed E-state index contributed by atoms with van der Waals surface area (Å²) in [5.74, 6) is -1.93. The van der Waals surface area contributed by atoms with Gasteiger partial charge in [0.15, 0.2) is 0 Å². The lowest BCUT2D eigenvalue weighted by atomic mass is 9.59. The van der Waals surface area contributed by atoms with Gasteiger partial charge in [0, 0.05) is 0 Å². The lowest BCUT2D eigenvalue weighted by Crippen LogP contribution is -2.41. The summed E-state index contributed by atoms with van der Waals surface area (Å²) < 4.78 is 0. The highest BCUT2D eigenvalue weighted by Crippen LogP contribution is 2.51. The number of hydrogen-bond donors (Lipinski definition) is 2. The Hall–Kier alpha value is -1.06. The van der Waals surface area contributed by atoms with Crippen LogP contribution in [0.15, 0.2) is 0 Å². The fourth-order valence-electron chi connectivity index (χ4n) is 3.70. The van der Waals surface area contributed by atoms with Gasteiger partial charge in [-0.3, -0.25) is 9.59 Å². The largest absolute Gasteiger partial charge is 0.481 e. The van der Waals surface area contributed by atoms with Gasteiger partial charge in [0.2, 0.25) is 0 Å². The van der Waals surface area contributed by atoms with Gasteiger partial charge in [0.25, 0.3) is 0 Å². The molecule has 1 aliphatic rings. The topological polar surface area (TPSA) is 74.6 Å². The molecule has 2 N–H and O–H groups in total. The minimum absolute atomic E-state index is 0.239. The standard InChI is InChI=1S/C15H26O4/c1-3-5-14(6-4-2)7-9-15(10-8-14,13(18)19)11-12(16)17/h3-11H2,1-2H3,(H,16,17)(H,18,19). The molecule has 4 heteroatoms. The van der Waals surface area contributed by atoms with Crippen LogP contribution in [0.2, 0.25) is 0 Å². The molecule has 1 aliphatic carbocycles. The third-order valence-corrected chi connectivity index (χ3v) is 4.77. The lowest BCUT2D eigenvalue weighted by Gasteiger charge is -2.44. The molecule has 0 aromatic carbocycles. The molecule has 0 radical (unpaired) electrons. The maximum absolute atomic E-state index is 11.5. The Morgan fingerprint density at radius 2 is 1.42 bits per heavy atom. The van der Waals surface area contributed by atoms with Crippen molar-refractivity contribution in [2.24, 2.45) is 10.8 Å². The molecule has 19 heavy (non-hydrogen) atoms. The van der Waals surface area contributed by atoms with Crippen molar-refractivity contribution in [2.75, 3.05) is 0 Å². The van der Waals surface area contributed by atoms with Gasteiger partial charge >= 0.3 is 11.9 Å². The van der Waals surface area contributed by atoms with E-state index in [9.17, 15) is 14.7 Å². The molecule has 0 aromatic heterocycles. The second-order valence-corrected chi connectivity index (χ2v) is 6.16. The highest BCUT2D eigenvalue weighted by molar-refractivity contribution is 5.81. The van der Waals surface area contributed by atoms with E-state index in [1.807, 2.05) is 0 Å². The number of hydrogen-bond acceptors (Lipinski definition) is 2. The van der Waals surface area contributed by atoms with E-state index >= 15 is 0 Å². The summed E-state index contributed by atoms with van der Waals surface area (Å²) in [5.41, 5.74) is -0.780.